The van der Waals surface area contributed by atoms with Gasteiger partial charge in [0.25, 0.3) is 0 Å². The highest BCUT2D eigenvalue weighted by Gasteiger charge is 2.32. The van der Waals surface area contributed by atoms with E-state index < -0.39 is 0 Å². The van der Waals surface area contributed by atoms with Crippen LogP contribution in [0.5, 0.6) is 0 Å². The molecule has 3 nitrogen and oxygen atoms in total. The molecule has 1 heterocycles. The summed E-state index contributed by atoms with van der Waals surface area (Å²) in [7, 11) is 0. The Morgan fingerprint density at radius 1 is 1.46 bits per heavy atom. The van der Waals surface area contributed by atoms with Gasteiger partial charge in [-0.3, -0.25) is 0 Å². The maximum Gasteiger partial charge on any atom is 0.146 e. The summed E-state index contributed by atoms with van der Waals surface area (Å²) in [6.07, 6.45) is 2.78. The number of hydrogen-bond donors (Lipinski definition) is 0. The molecule has 1 aliphatic heterocycles. The Kier molecular flexibility index (Phi) is 4.42. The van der Waals surface area contributed by atoms with Gasteiger partial charge in [0.05, 0.1) is 26.4 Å². The minimum absolute atomic E-state index is 0.0568. The Morgan fingerprint density at radius 2 is 2.15 bits per heavy atom. The van der Waals surface area contributed by atoms with Crippen molar-refractivity contribution in [2.45, 2.75) is 13.3 Å². The summed E-state index contributed by atoms with van der Waals surface area (Å²) in [5, 5.41) is 0. The van der Waals surface area contributed by atoms with Crippen LogP contribution in [0.15, 0.2) is 12.7 Å². The minimum Gasteiger partial charge on any atom is -0.377 e. The third-order valence-corrected chi connectivity index (χ3v) is 2.38. The molecule has 13 heavy (non-hydrogen) atoms. The highest BCUT2D eigenvalue weighted by atomic mass is 16.7. The zero-order chi connectivity index (χ0) is 9.57. The lowest BCUT2D eigenvalue weighted by atomic mass is 9.87. The molecule has 0 spiro atoms. The van der Waals surface area contributed by atoms with Gasteiger partial charge >= 0.3 is 0 Å². The number of hydrogen-bond acceptors (Lipinski definition) is 3. The van der Waals surface area contributed by atoms with Gasteiger partial charge in [0.1, 0.15) is 6.79 Å². The van der Waals surface area contributed by atoms with E-state index in [9.17, 15) is 0 Å². The lowest BCUT2D eigenvalue weighted by Crippen LogP contribution is -2.40. The van der Waals surface area contributed by atoms with E-state index >= 15 is 0 Å². The van der Waals surface area contributed by atoms with Crippen molar-refractivity contribution in [2.75, 3.05) is 33.2 Å². The first-order valence-corrected chi connectivity index (χ1v) is 4.67. The molecular weight excluding hydrogens is 168 g/mol. The van der Waals surface area contributed by atoms with Gasteiger partial charge < -0.3 is 14.2 Å². The average molecular weight is 186 g/mol. The molecule has 0 aliphatic carbocycles. The zero-order valence-electron chi connectivity index (χ0n) is 8.25. The van der Waals surface area contributed by atoms with Crippen LogP contribution in [0.2, 0.25) is 0 Å². The molecule has 0 atom stereocenters. The van der Waals surface area contributed by atoms with Crippen LogP contribution >= 0.6 is 0 Å². The van der Waals surface area contributed by atoms with Gasteiger partial charge in [-0.1, -0.05) is 13.0 Å². The monoisotopic (exact) mass is 186 g/mol. The molecule has 0 bridgehead atoms. The molecule has 1 saturated heterocycles. The summed E-state index contributed by atoms with van der Waals surface area (Å²) < 4.78 is 16.0. The predicted molar refractivity (Wildman–Crippen MR) is 50.5 cm³/mol. The molecule has 1 aliphatic rings. The fraction of sp³-hybridized carbons (Fsp3) is 0.800. The van der Waals surface area contributed by atoms with Crippen molar-refractivity contribution < 1.29 is 14.2 Å². The maximum absolute atomic E-state index is 5.44. The minimum atomic E-state index is 0.0568. The van der Waals surface area contributed by atoms with Crippen molar-refractivity contribution >= 4 is 0 Å². The second-order valence-corrected chi connectivity index (χ2v) is 3.47. The topological polar surface area (TPSA) is 27.7 Å². The van der Waals surface area contributed by atoms with Crippen LogP contribution in [-0.2, 0) is 14.2 Å². The van der Waals surface area contributed by atoms with Crippen molar-refractivity contribution in [3.05, 3.63) is 12.7 Å². The molecule has 1 fully saturated rings. The normalized spacial score (nSPS) is 21.3. The van der Waals surface area contributed by atoms with Crippen molar-refractivity contribution in [3.8, 4) is 0 Å². The van der Waals surface area contributed by atoms with E-state index in [-0.39, 0.29) is 5.41 Å². The van der Waals surface area contributed by atoms with Crippen LogP contribution in [-0.4, -0.2) is 33.2 Å². The Labute approximate surface area is 79.7 Å². The SMILES string of the molecule is C=CCOCC1(CC)COCOC1. The lowest BCUT2D eigenvalue weighted by Gasteiger charge is -2.35. The van der Waals surface area contributed by atoms with Crippen molar-refractivity contribution in [1.82, 2.24) is 0 Å². The van der Waals surface area contributed by atoms with Gasteiger partial charge in [0.15, 0.2) is 0 Å². The molecule has 0 N–H and O–H groups in total. The van der Waals surface area contributed by atoms with E-state index in [0.29, 0.717) is 20.0 Å². The second kappa shape index (κ2) is 5.37. The number of rotatable bonds is 5. The van der Waals surface area contributed by atoms with Gasteiger partial charge in [-0.25, -0.2) is 0 Å². The molecule has 3 heteroatoms. The summed E-state index contributed by atoms with van der Waals surface area (Å²) in [6, 6.07) is 0. The summed E-state index contributed by atoms with van der Waals surface area (Å²) in [5.74, 6) is 0. The quantitative estimate of drug-likeness (QED) is 0.482. The highest BCUT2D eigenvalue weighted by Crippen LogP contribution is 2.26. The summed E-state index contributed by atoms with van der Waals surface area (Å²) in [6.45, 7) is 8.92. The molecule has 0 saturated carbocycles. The van der Waals surface area contributed by atoms with Crippen LogP contribution in [0.1, 0.15) is 13.3 Å². The highest BCUT2D eigenvalue weighted by molar-refractivity contribution is 4.79. The van der Waals surface area contributed by atoms with Gasteiger partial charge in [0.2, 0.25) is 0 Å². The third-order valence-electron chi connectivity index (χ3n) is 2.38. The Hall–Kier alpha value is -0.380. The van der Waals surface area contributed by atoms with Crippen LogP contribution in [0.3, 0.4) is 0 Å². The number of ether oxygens (including phenoxy) is 3. The van der Waals surface area contributed by atoms with E-state index in [1.165, 1.54) is 0 Å². The first-order valence-electron chi connectivity index (χ1n) is 4.67. The van der Waals surface area contributed by atoms with Crippen LogP contribution < -0.4 is 0 Å². The summed E-state index contributed by atoms with van der Waals surface area (Å²) in [4.78, 5) is 0. The predicted octanol–water partition coefficient (Wildman–Crippen LogP) is 1.59. The molecule has 0 aromatic carbocycles. The molecule has 0 aromatic rings. The second-order valence-electron chi connectivity index (χ2n) is 3.47. The smallest absolute Gasteiger partial charge is 0.146 e. The molecule has 76 valence electrons. The van der Waals surface area contributed by atoms with Crippen molar-refractivity contribution in [1.29, 1.82) is 0 Å². The van der Waals surface area contributed by atoms with E-state index in [1.54, 1.807) is 6.08 Å². The Balaban J connectivity index is 2.33. The molecule has 0 aromatic heterocycles. The first kappa shape index (κ1) is 10.7. The molecule has 0 amide bonds. The van der Waals surface area contributed by atoms with Gasteiger partial charge in [0, 0.05) is 5.41 Å². The van der Waals surface area contributed by atoms with E-state index in [1.807, 2.05) is 0 Å². The first-order chi connectivity index (χ1) is 6.33. The molecular formula is C10H18O3. The summed E-state index contributed by atoms with van der Waals surface area (Å²) >= 11 is 0. The fourth-order valence-electron chi connectivity index (χ4n) is 1.37. The Bertz CT molecular complexity index is 150. The van der Waals surface area contributed by atoms with Gasteiger partial charge in [-0.15, -0.1) is 6.58 Å². The average Bonchev–Trinajstić information content (AvgIpc) is 2.20. The zero-order valence-corrected chi connectivity index (χ0v) is 8.25. The largest absolute Gasteiger partial charge is 0.377 e. The van der Waals surface area contributed by atoms with E-state index in [2.05, 4.69) is 13.5 Å². The lowest BCUT2D eigenvalue weighted by molar-refractivity contribution is -0.181. The van der Waals surface area contributed by atoms with Gasteiger partial charge in [-0.05, 0) is 6.42 Å². The van der Waals surface area contributed by atoms with E-state index in [4.69, 9.17) is 14.2 Å². The van der Waals surface area contributed by atoms with Crippen LogP contribution in [0.25, 0.3) is 0 Å². The van der Waals surface area contributed by atoms with Crippen molar-refractivity contribution in [2.24, 2.45) is 5.41 Å². The molecule has 0 radical (unpaired) electrons. The fourth-order valence-corrected chi connectivity index (χ4v) is 1.37. The van der Waals surface area contributed by atoms with Gasteiger partial charge in [-0.2, -0.15) is 0 Å². The molecule has 0 unspecified atom stereocenters. The van der Waals surface area contributed by atoms with Crippen LogP contribution in [0, 0.1) is 5.41 Å². The van der Waals surface area contributed by atoms with E-state index in [0.717, 1.165) is 19.6 Å². The van der Waals surface area contributed by atoms with Crippen LogP contribution in [0.4, 0.5) is 0 Å². The van der Waals surface area contributed by atoms with Crippen molar-refractivity contribution in [3.63, 3.8) is 0 Å². The Morgan fingerprint density at radius 3 is 2.69 bits per heavy atom. The molecule has 1 rings (SSSR count). The third kappa shape index (κ3) is 3.10. The maximum atomic E-state index is 5.44. The summed E-state index contributed by atoms with van der Waals surface area (Å²) in [5.41, 5.74) is 0.0568. The standard InChI is InChI=1S/C10H18O3/c1-3-5-11-6-10(4-2)7-12-9-13-8-10/h3H,1,4-9H2,2H3.